The number of aliphatic carboxylic acids is 1. The average Bonchev–Trinajstić information content (AvgIpc) is 2.83. The molecule has 20 heavy (non-hydrogen) atoms. The van der Waals surface area contributed by atoms with Crippen molar-refractivity contribution in [2.45, 2.75) is 19.4 Å². The Morgan fingerprint density at radius 3 is 2.95 bits per heavy atom. The maximum atomic E-state index is 12.3. The van der Waals surface area contributed by atoms with E-state index in [4.69, 9.17) is 5.11 Å². The number of carbonyl (C=O) groups excluding carboxylic acids is 1. The van der Waals surface area contributed by atoms with Gasteiger partial charge in [-0.3, -0.25) is 4.79 Å². The van der Waals surface area contributed by atoms with Crippen LogP contribution in [-0.4, -0.2) is 47.0 Å². The number of rotatable bonds is 3. The molecule has 2 amide bonds. The fourth-order valence-electron chi connectivity index (χ4n) is 2.36. The summed E-state index contributed by atoms with van der Waals surface area (Å²) in [6.45, 7) is 1.49. The van der Waals surface area contributed by atoms with Gasteiger partial charge < -0.3 is 14.9 Å². The summed E-state index contributed by atoms with van der Waals surface area (Å²) in [4.78, 5) is 26.6. The summed E-state index contributed by atoms with van der Waals surface area (Å²) in [6, 6.07) is 1.89. The van der Waals surface area contributed by atoms with Crippen molar-refractivity contribution in [1.29, 1.82) is 0 Å². The molecular formula is C13H17BrN2O3S. The first kappa shape index (κ1) is 15.3. The van der Waals surface area contributed by atoms with E-state index in [0.29, 0.717) is 26.1 Å². The minimum atomic E-state index is -0.813. The number of urea groups is 1. The fraction of sp³-hybridized carbons (Fsp3) is 0.538. The summed E-state index contributed by atoms with van der Waals surface area (Å²) in [5.74, 6) is -1.25. The number of thiophene rings is 1. The molecular weight excluding hydrogens is 344 g/mol. The topological polar surface area (TPSA) is 60.9 Å². The number of hydrogen-bond donors (Lipinski definition) is 1. The zero-order chi connectivity index (χ0) is 14.7. The van der Waals surface area contributed by atoms with Crippen molar-refractivity contribution in [2.75, 3.05) is 20.1 Å². The van der Waals surface area contributed by atoms with Gasteiger partial charge in [-0.2, -0.15) is 0 Å². The molecule has 1 atom stereocenters. The highest BCUT2D eigenvalue weighted by Crippen LogP contribution is 2.22. The van der Waals surface area contributed by atoms with Gasteiger partial charge >= 0.3 is 12.0 Å². The van der Waals surface area contributed by atoms with E-state index in [2.05, 4.69) is 15.9 Å². The van der Waals surface area contributed by atoms with Gasteiger partial charge in [0, 0.05) is 26.7 Å². The lowest BCUT2D eigenvalue weighted by atomic mass is 9.99. The van der Waals surface area contributed by atoms with Crippen LogP contribution in [0.4, 0.5) is 4.79 Å². The highest BCUT2D eigenvalue weighted by Gasteiger charge is 2.29. The molecule has 0 radical (unpaired) electrons. The van der Waals surface area contributed by atoms with Gasteiger partial charge in [0.2, 0.25) is 0 Å². The molecule has 0 aromatic carbocycles. The number of halogens is 1. The monoisotopic (exact) mass is 360 g/mol. The van der Waals surface area contributed by atoms with Crippen LogP contribution < -0.4 is 0 Å². The summed E-state index contributed by atoms with van der Waals surface area (Å²) in [5.41, 5.74) is 1.07. The van der Waals surface area contributed by atoms with Crippen LogP contribution in [0.1, 0.15) is 18.4 Å². The second kappa shape index (κ2) is 6.58. The Morgan fingerprint density at radius 1 is 1.60 bits per heavy atom. The van der Waals surface area contributed by atoms with Crippen LogP contribution in [0.5, 0.6) is 0 Å². The third-order valence-electron chi connectivity index (χ3n) is 3.41. The fourth-order valence-corrected chi connectivity index (χ4v) is 3.56. The molecule has 1 unspecified atom stereocenters. The van der Waals surface area contributed by atoms with Gasteiger partial charge in [0.25, 0.3) is 0 Å². The molecule has 110 valence electrons. The standard InChI is InChI=1S/C13H17BrN2O3S/c1-15(6-9-5-11(14)20-8-9)13(19)16-4-2-3-10(7-16)12(17)18/h5,8,10H,2-4,6-7H2,1H3,(H,17,18). The van der Waals surface area contributed by atoms with E-state index in [1.165, 1.54) is 0 Å². The minimum absolute atomic E-state index is 0.0988. The molecule has 2 rings (SSSR count). The Balaban J connectivity index is 1.94. The van der Waals surface area contributed by atoms with Crippen molar-refractivity contribution in [1.82, 2.24) is 9.80 Å². The predicted molar refractivity (Wildman–Crippen MR) is 80.8 cm³/mol. The number of nitrogens with zero attached hydrogens (tertiary/aromatic N) is 2. The van der Waals surface area contributed by atoms with Gasteiger partial charge in [-0.05, 0) is 45.8 Å². The Kier molecular flexibility index (Phi) is 5.04. The molecule has 0 aliphatic carbocycles. The van der Waals surface area contributed by atoms with Crippen molar-refractivity contribution in [3.63, 3.8) is 0 Å². The average molecular weight is 361 g/mol. The molecule has 0 spiro atoms. The lowest BCUT2D eigenvalue weighted by Gasteiger charge is -2.33. The third-order valence-corrected chi connectivity index (χ3v) is 4.96. The summed E-state index contributed by atoms with van der Waals surface area (Å²) in [6.07, 6.45) is 1.40. The molecule has 1 aromatic rings. The van der Waals surface area contributed by atoms with E-state index < -0.39 is 11.9 Å². The van der Waals surface area contributed by atoms with Gasteiger partial charge in [0.1, 0.15) is 0 Å². The van der Waals surface area contributed by atoms with Gasteiger partial charge in [-0.1, -0.05) is 0 Å². The number of carboxylic acid groups (broad SMARTS) is 1. The first-order valence-electron chi connectivity index (χ1n) is 6.43. The van der Waals surface area contributed by atoms with E-state index in [1.807, 2.05) is 11.4 Å². The Bertz CT molecular complexity index is 506. The molecule has 2 heterocycles. The molecule has 1 aliphatic rings. The predicted octanol–water partition coefficient (Wildman–Crippen LogP) is 2.86. The molecule has 1 saturated heterocycles. The lowest BCUT2D eigenvalue weighted by molar-refractivity contribution is -0.143. The summed E-state index contributed by atoms with van der Waals surface area (Å²) in [5, 5.41) is 11.1. The van der Waals surface area contributed by atoms with Crippen molar-refractivity contribution >= 4 is 39.3 Å². The van der Waals surface area contributed by atoms with Crippen LogP contribution >= 0.6 is 27.3 Å². The van der Waals surface area contributed by atoms with Crippen LogP contribution in [0.2, 0.25) is 0 Å². The summed E-state index contributed by atoms with van der Waals surface area (Å²) in [7, 11) is 1.75. The third kappa shape index (κ3) is 3.73. The van der Waals surface area contributed by atoms with Crippen molar-refractivity contribution in [3.05, 3.63) is 20.8 Å². The minimum Gasteiger partial charge on any atom is -0.481 e. The largest absolute Gasteiger partial charge is 0.481 e. The molecule has 5 nitrogen and oxygen atoms in total. The quantitative estimate of drug-likeness (QED) is 0.901. The first-order chi connectivity index (χ1) is 9.47. The van der Waals surface area contributed by atoms with Gasteiger partial charge in [0.15, 0.2) is 0 Å². The lowest BCUT2D eigenvalue weighted by Crippen LogP contribution is -2.47. The highest BCUT2D eigenvalue weighted by molar-refractivity contribution is 9.11. The zero-order valence-corrected chi connectivity index (χ0v) is 13.6. The van der Waals surface area contributed by atoms with Crippen LogP contribution in [0.3, 0.4) is 0 Å². The molecule has 1 N–H and O–H groups in total. The maximum absolute atomic E-state index is 12.3. The summed E-state index contributed by atoms with van der Waals surface area (Å²) >= 11 is 4.98. The van der Waals surface area contributed by atoms with Crippen LogP contribution in [0.25, 0.3) is 0 Å². The number of carboxylic acids is 1. The van der Waals surface area contributed by atoms with Crippen molar-refractivity contribution in [3.8, 4) is 0 Å². The van der Waals surface area contributed by atoms with Crippen LogP contribution in [0.15, 0.2) is 15.2 Å². The van der Waals surface area contributed by atoms with E-state index in [9.17, 15) is 9.59 Å². The summed E-state index contributed by atoms with van der Waals surface area (Å²) < 4.78 is 1.04. The van der Waals surface area contributed by atoms with Crippen molar-refractivity contribution in [2.24, 2.45) is 5.92 Å². The maximum Gasteiger partial charge on any atom is 0.320 e. The SMILES string of the molecule is CN(Cc1csc(Br)c1)C(=O)N1CCCC(C(=O)O)C1. The first-order valence-corrected chi connectivity index (χ1v) is 8.10. The second-order valence-corrected chi connectivity index (χ2v) is 7.31. The van der Waals surface area contributed by atoms with Gasteiger partial charge in [-0.15, -0.1) is 11.3 Å². The van der Waals surface area contributed by atoms with E-state index in [-0.39, 0.29) is 6.03 Å². The van der Waals surface area contributed by atoms with Crippen LogP contribution in [0, 0.1) is 5.92 Å². The smallest absolute Gasteiger partial charge is 0.320 e. The Labute approximate surface area is 130 Å². The van der Waals surface area contributed by atoms with E-state index in [0.717, 1.165) is 15.8 Å². The van der Waals surface area contributed by atoms with Gasteiger partial charge in [0.05, 0.1) is 9.70 Å². The van der Waals surface area contributed by atoms with E-state index in [1.54, 1.807) is 28.2 Å². The Morgan fingerprint density at radius 2 is 2.35 bits per heavy atom. The van der Waals surface area contributed by atoms with Crippen LogP contribution in [-0.2, 0) is 11.3 Å². The number of carbonyl (C=O) groups is 2. The second-order valence-electron chi connectivity index (χ2n) is 5.02. The Hall–Kier alpha value is -1.08. The molecule has 0 bridgehead atoms. The van der Waals surface area contributed by atoms with Gasteiger partial charge in [-0.25, -0.2) is 4.79 Å². The molecule has 1 fully saturated rings. The molecule has 1 aromatic heterocycles. The number of likely N-dealkylation sites (tertiary alicyclic amines) is 1. The normalized spacial score (nSPS) is 18.9. The number of amides is 2. The van der Waals surface area contributed by atoms with E-state index >= 15 is 0 Å². The molecule has 1 aliphatic heterocycles. The number of piperidine rings is 1. The number of hydrogen-bond acceptors (Lipinski definition) is 3. The molecule has 7 heteroatoms. The van der Waals surface area contributed by atoms with Crippen molar-refractivity contribution < 1.29 is 14.7 Å². The zero-order valence-electron chi connectivity index (χ0n) is 11.2. The molecule has 0 saturated carbocycles. The highest BCUT2D eigenvalue weighted by atomic mass is 79.9.